The molecule has 1 rings (SSSR count). The quantitative estimate of drug-likeness (QED) is 0.704. The summed E-state index contributed by atoms with van der Waals surface area (Å²) in [4.78, 5) is 25.4. The van der Waals surface area contributed by atoms with Gasteiger partial charge in [-0.25, -0.2) is 0 Å². The first-order chi connectivity index (χ1) is 9.40. The van der Waals surface area contributed by atoms with Crippen LogP contribution in [0, 0.1) is 5.92 Å². The van der Waals surface area contributed by atoms with Crippen LogP contribution in [0.3, 0.4) is 0 Å². The van der Waals surface area contributed by atoms with Crippen LogP contribution in [0.15, 0.2) is 0 Å². The summed E-state index contributed by atoms with van der Waals surface area (Å²) in [7, 11) is 0. The first-order valence-corrected chi connectivity index (χ1v) is 7.74. The monoisotopic (exact) mass is 283 g/mol. The summed E-state index contributed by atoms with van der Waals surface area (Å²) in [6.07, 6.45) is 4.38. The fourth-order valence-electron chi connectivity index (χ4n) is 2.54. The molecule has 2 amide bonds. The second-order valence-corrected chi connectivity index (χ2v) is 6.16. The van der Waals surface area contributed by atoms with Crippen molar-refractivity contribution in [2.45, 2.75) is 65.0 Å². The van der Waals surface area contributed by atoms with E-state index in [2.05, 4.69) is 5.32 Å². The fourth-order valence-corrected chi connectivity index (χ4v) is 2.54. The number of nitrogens with one attached hydrogen (secondary N) is 1. The van der Waals surface area contributed by atoms with Crippen molar-refractivity contribution in [1.82, 2.24) is 10.2 Å². The Morgan fingerprint density at radius 3 is 2.60 bits per heavy atom. The van der Waals surface area contributed by atoms with Crippen molar-refractivity contribution in [3.63, 3.8) is 0 Å². The molecule has 1 saturated heterocycles. The van der Waals surface area contributed by atoms with Crippen LogP contribution in [0.25, 0.3) is 0 Å². The molecule has 0 aliphatic carbocycles. The van der Waals surface area contributed by atoms with E-state index in [-0.39, 0.29) is 29.8 Å². The molecule has 1 aliphatic rings. The van der Waals surface area contributed by atoms with Gasteiger partial charge in [-0.15, -0.1) is 0 Å². The number of hydrogen-bond donors (Lipinski definition) is 2. The maximum Gasteiger partial charge on any atom is 0.223 e. The van der Waals surface area contributed by atoms with E-state index in [1.54, 1.807) is 0 Å². The number of hydrogen-bond acceptors (Lipinski definition) is 3. The third kappa shape index (κ3) is 5.90. The van der Waals surface area contributed by atoms with E-state index in [9.17, 15) is 9.59 Å². The van der Waals surface area contributed by atoms with Gasteiger partial charge in [-0.1, -0.05) is 13.3 Å². The molecule has 1 aliphatic heterocycles. The molecule has 0 spiro atoms. The summed E-state index contributed by atoms with van der Waals surface area (Å²) >= 11 is 0. The summed E-state index contributed by atoms with van der Waals surface area (Å²) in [6, 6.07) is 0.214. The zero-order chi connectivity index (χ0) is 15.1. The van der Waals surface area contributed by atoms with Crippen molar-refractivity contribution in [1.29, 1.82) is 0 Å². The zero-order valence-electron chi connectivity index (χ0n) is 13.0. The van der Waals surface area contributed by atoms with Crippen molar-refractivity contribution in [3.05, 3.63) is 0 Å². The highest BCUT2D eigenvalue weighted by Gasteiger charge is 2.23. The van der Waals surface area contributed by atoms with E-state index in [0.29, 0.717) is 13.0 Å². The molecular formula is C15H29N3O2. The minimum atomic E-state index is 0.00507. The summed E-state index contributed by atoms with van der Waals surface area (Å²) in [6.45, 7) is 7.34. The van der Waals surface area contributed by atoms with Crippen molar-refractivity contribution in [2.24, 2.45) is 11.7 Å². The third-order valence-corrected chi connectivity index (χ3v) is 3.80. The van der Waals surface area contributed by atoms with Crippen LogP contribution < -0.4 is 11.1 Å². The zero-order valence-corrected chi connectivity index (χ0v) is 13.0. The van der Waals surface area contributed by atoms with Crippen LogP contribution in [-0.4, -0.2) is 41.9 Å². The second kappa shape index (κ2) is 8.25. The van der Waals surface area contributed by atoms with Gasteiger partial charge in [0.2, 0.25) is 11.8 Å². The van der Waals surface area contributed by atoms with E-state index in [4.69, 9.17) is 5.73 Å². The van der Waals surface area contributed by atoms with Crippen LogP contribution in [0.4, 0.5) is 0 Å². The molecule has 0 aromatic carbocycles. The minimum absolute atomic E-state index is 0.00507. The van der Waals surface area contributed by atoms with Crippen LogP contribution in [-0.2, 0) is 9.59 Å². The molecule has 3 atom stereocenters. The SMILES string of the molecule is CC(N)CCCC(C)C(=O)NC(C)CN1CCCC1=O. The Balaban J connectivity index is 2.24. The molecule has 20 heavy (non-hydrogen) atoms. The number of nitrogens with zero attached hydrogens (tertiary/aromatic N) is 1. The van der Waals surface area contributed by atoms with Crippen molar-refractivity contribution in [2.75, 3.05) is 13.1 Å². The number of likely N-dealkylation sites (tertiary alicyclic amines) is 1. The Hall–Kier alpha value is -1.10. The molecule has 116 valence electrons. The maximum atomic E-state index is 12.0. The summed E-state index contributed by atoms with van der Waals surface area (Å²) < 4.78 is 0. The Morgan fingerprint density at radius 1 is 1.35 bits per heavy atom. The molecule has 0 saturated carbocycles. The Morgan fingerprint density at radius 2 is 2.05 bits per heavy atom. The van der Waals surface area contributed by atoms with Crippen molar-refractivity contribution < 1.29 is 9.59 Å². The van der Waals surface area contributed by atoms with E-state index >= 15 is 0 Å². The van der Waals surface area contributed by atoms with Gasteiger partial charge in [0, 0.05) is 37.5 Å². The lowest BCUT2D eigenvalue weighted by atomic mass is 10.0. The molecule has 0 aromatic rings. The summed E-state index contributed by atoms with van der Waals surface area (Å²) in [5, 5.41) is 3.00. The van der Waals surface area contributed by atoms with Gasteiger partial charge in [-0.05, 0) is 33.1 Å². The molecule has 5 heteroatoms. The average molecular weight is 283 g/mol. The molecule has 0 bridgehead atoms. The van der Waals surface area contributed by atoms with E-state index in [0.717, 1.165) is 32.2 Å². The predicted octanol–water partition coefficient (Wildman–Crippen LogP) is 1.27. The van der Waals surface area contributed by atoms with Gasteiger partial charge < -0.3 is 16.0 Å². The average Bonchev–Trinajstić information content (AvgIpc) is 2.74. The van der Waals surface area contributed by atoms with Crippen molar-refractivity contribution >= 4 is 11.8 Å². The number of amides is 2. The van der Waals surface area contributed by atoms with Crippen LogP contribution >= 0.6 is 0 Å². The number of carbonyl (C=O) groups excluding carboxylic acids is 2. The van der Waals surface area contributed by atoms with Gasteiger partial charge in [0.05, 0.1) is 0 Å². The highest BCUT2D eigenvalue weighted by Crippen LogP contribution is 2.11. The largest absolute Gasteiger partial charge is 0.352 e. The predicted molar refractivity (Wildman–Crippen MR) is 80.1 cm³/mol. The van der Waals surface area contributed by atoms with Gasteiger partial charge in [-0.2, -0.15) is 0 Å². The first kappa shape index (κ1) is 17.0. The van der Waals surface area contributed by atoms with Gasteiger partial charge in [0.15, 0.2) is 0 Å². The standard InChI is InChI=1S/C15H29N3O2/c1-11(6-4-7-12(2)16)15(20)17-13(3)10-18-9-5-8-14(18)19/h11-13H,4-10,16H2,1-3H3,(H,17,20). The lowest BCUT2D eigenvalue weighted by molar-refractivity contribution is -0.129. The Kier molecular flexibility index (Phi) is 6.99. The van der Waals surface area contributed by atoms with Gasteiger partial charge in [0.25, 0.3) is 0 Å². The van der Waals surface area contributed by atoms with Gasteiger partial charge >= 0.3 is 0 Å². The van der Waals surface area contributed by atoms with E-state index in [1.807, 2.05) is 25.7 Å². The lowest BCUT2D eigenvalue weighted by Crippen LogP contribution is -2.44. The van der Waals surface area contributed by atoms with Crippen LogP contribution in [0.1, 0.15) is 52.9 Å². The molecule has 1 heterocycles. The summed E-state index contributed by atoms with van der Waals surface area (Å²) in [5.74, 6) is 0.287. The highest BCUT2D eigenvalue weighted by molar-refractivity contribution is 5.79. The second-order valence-electron chi connectivity index (χ2n) is 6.16. The number of carbonyl (C=O) groups is 2. The molecule has 0 aromatic heterocycles. The highest BCUT2D eigenvalue weighted by atomic mass is 16.2. The molecule has 0 radical (unpaired) electrons. The smallest absolute Gasteiger partial charge is 0.223 e. The third-order valence-electron chi connectivity index (χ3n) is 3.80. The topological polar surface area (TPSA) is 75.4 Å². The molecular weight excluding hydrogens is 254 g/mol. The number of nitrogens with two attached hydrogens (primary N) is 1. The van der Waals surface area contributed by atoms with E-state index < -0.39 is 0 Å². The first-order valence-electron chi connectivity index (χ1n) is 7.74. The van der Waals surface area contributed by atoms with Gasteiger partial charge in [0.1, 0.15) is 0 Å². The van der Waals surface area contributed by atoms with Crippen LogP contribution in [0.5, 0.6) is 0 Å². The van der Waals surface area contributed by atoms with Gasteiger partial charge in [-0.3, -0.25) is 9.59 Å². The molecule has 5 nitrogen and oxygen atoms in total. The Bertz CT molecular complexity index is 331. The molecule has 1 fully saturated rings. The van der Waals surface area contributed by atoms with E-state index in [1.165, 1.54) is 0 Å². The molecule has 3 N–H and O–H groups in total. The van der Waals surface area contributed by atoms with Crippen molar-refractivity contribution in [3.8, 4) is 0 Å². The Labute approximate surface area is 122 Å². The number of rotatable bonds is 8. The lowest BCUT2D eigenvalue weighted by Gasteiger charge is -2.23. The minimum Gasteiger partial charge on any atom is -0.352 e. The molecule has 3 unspecified atom stereocenters. The normalized spacial score (nSPS) is 19.8. The fraction of sp³-hybridized carbons (Fsp3) is 0.867. The van der Waals surface area contributed by atoms with Crippen LogP contribution in [0.2, 0.25) is 0 Å². The maximum absolute atomic E-state index is 12.0. The summed E-state index contributed by atoms with van der Waals surface area (Å²) in [5.41, 5.74) is 5.70.